The van der Waals surface area contributed by atoms with Crippen molar-refractivity contribution in [3.8, 4) is 0 Å². The summed E-state index contributed by atoms with van der Waals surface area (Å²) in [6.07, 6.45) is 4.06. The molecule has 0 aliphatic rings. The Labute approximate surface area is 193 Å². The zero-order valence-electron chi connectivity index (χ0n) is 16.3. The van der Waals surface area contributed by atoms with E-state index < -0.39 is 9.84 Å². The molecule has 0 saturated heterocycles. The number of nitrogens with one attached hydrogen (secondary N) is 2. The lowest BCUT2D eigenvalue weighted by Gasteiger charge is -2.11. The van der Waals surface area contributed by atoms with E-state index in [1.54, 1.807) is 29.2 Å². The zero-order valence-corrected chi connectivity index (χ0v) is 21.0. The lowest BCUT2D eigenvalue weighted by atomic mass is 10.1. The highest BCUT2D eigenvalue weighted by molar-refractivity contribution is 14.0. The van der Waals surface area contributed by atoms with Crippen molar-refractivity contribution in [2.45, 2.75) is 36.0 Å². The summed E-state index contributed by atoms with van der Waals surface area (Å²) in [7, 11) is -3.19. The van der Waals surface area contributed by atoms with Crippen LogP contribution in [0.3, 0.4) is 0 Å². The van der Waals surface area contributed by atoms with Crippen molar-refractivity contribution in [2.24, 2.45) is 4.99 Å². The molecule has 1 aromatic heterocycles. The van der Waals surface area contributed by atoms with Crippen molar-refractivity contribution in [3.63, 3.8) is 0 Å². The van der Waals surface area contributed by atoms with E-state index in [1.807, 2.05) is 37.6 Å². The van der Waals surface area contributed by atoms with E-state index >= 15 is 0 Å². The number of benzene rings is 1. The fraction of sp³-hybridized carbons (Fsp3) is 0.444. The van der Waals surface area contributed by atoms with Gasteiger partial charge in [-0.2, -0.15) is 0 Å². The average molecular weight is 555 g/mol. The molecule has 0 aliphatic carbocycles. The normalized spacial score (nSPS) is 11.8. The van der Waals surface area contributed by atoms with Crippen LogP contribution in [0.15, 0.2) is 44.0 Å². The zero-order chi connectivity index (χ0) is 19.7. The quantitative estimate of drug-likeness (QED) is 0.162. The maximum absolute atomic E-state index is 11.7. The van der Waals surface area contributed by atoms with Gasteiger partial charge < -0.3 is 10.6 Å². The third-order valence-electron chi connectivity index (χ3n) is 3.65. The molecular formula is C18H27IN4O2S3. The molecule has 10 heteroatoms. The van der Waals surface area contributed by atoms with Crippen molar-refractivity contribution in [1.29, 1.82) is 0 Å². The molecule has 0 aliphatic heterocycles. The second-order valence-electron chi connectivity index (χ2n) is 5.99. The number of thiazole rings is 1. The van der Waals surface area contributed by atoms with Crippen molar-refractivity contribution >= 4 is 62.9 Å². The molecular weight excluding hydrogens is 527 g/mol. The summed E-state index contributed by atoms with van der Waals surface area (Å²) < 4.78 is 24.5. The van der Waals surface area contributed by atoms with Crippen LogP contribution in [0.1, 0.15) is 24.5 Å². The minimum atomic E-state index is -3.19. The minimum Gasteiger partial charge on any atom is -0.357 e. The molecule has 2 rings (SSSR count). The molecule has 28 heavy (non-hydrogen) atoms. The second-order valence-corrected chi connectivity index (χ2v) is 10.2. The summed E-state index contributed by atoms with van der Waals surface area (Å²) in [4.78, 5) is 9.22. The third kappa shape index (κ3) is 8.66. The number of halogens is 1. The van der Waals surface area contributed by atoms with Gasteiger partial charge in [-0.15, -0.1) is 35.3 Å². The van der Waals surface area contributed by atoms with Gasteiger partial charge >= 0.3 is 0 Å². The number of rotatable bonds is 9. The number of aryl methyl sites for hydroxylation is 1. The van der Waals surface area contributed by atoms with Gasteiger partial charge in [0.15, 0.2) is 15.8 Å². The average Bonchev–Trinajstić information content (AvgIpc) is 3.11. The van der Waals surface area contributed by atoms with Crippen LogP contribution >= 0.6 is 47.1 Å². The molecule has 0 atom stereocenters. The summed E-state index contributed by atoms with van der Waals surface area (Å²) in [5, 5.41) is 8.55. The molecule has 0 unspecified atom stereocenters. The van der Waals surface area contributed by atoms with Gasteiger partial charge in [0.2, 0.25) is 0 Å². The van der Waals surface area contributed by atoms with Crippen molar-refractivity contribution in [3.05, 3.63) is 40.9 Å². The summed E-state index contributed by atoms with van der Waals surface area (Å²) in [5.41, 5.74) is 1.73. The number of thioether (sulfide) groups is 1. The van der Waals surface area contributed by atoms with Gasteiger partial charge in [0.25, 0.3) is 0 Å². The highest BCUT2D eigenvalue weighted by Gasteiger charge is 2.10. The van der Waals surface area contributed by atoms with Crippen molar-refractivity contribution in [1.82, 2.24) is 15.6 Å². The largest absolute Gasteiger partial charge is 0.357 e. The van der Waals surface area contributed by atoms with E-state index in [0.29, 0.717) is 11.4 Å². The van der Waals surface area contributed by atoms with Crippen LogP contribution in [0.5, 0.6) is 0 Å². The van der Waals surface area contributed by atoms with E-state index in [0.717, 1.165) is 46.7 Å². The summed E-state index contributed by atoms with van der Waals surface area (Å²) in [5.74, 6) is 1.77. The first-order valence-electron chi connectivity index (χ1n) is 8.74. The van der Waals surface area contributed by atoms with Crippen molar-refractivity contribution < 1.29 is 8.42 Å². The van der Waals surface area contributed by atoms with Crippen molar-refractivity contribution in [2.75, 3.05) is 25.1 Å². The van der Waals surface area contributed by atoms with Gasteiger partial charge in [0.1, 0.15) is 4.34 Å². The molecule has 1 aromatic carbocycles. The molecule has 0 amide bonds. The summed E-state index contributed by atoms with van der Waals surface area (Å²) in [6, 6.07) is 5.36. The highest BCUT2D eigenvalue weighted by atomic mass is 127. The number of nitrogens with zero attached hydrogens (tertiary/aromatic N) is 2. The molecule has 0 saturated carbocycles. The first-order chi connectivity index (χ1) is 12.9. The standard InChI is InChI=1S/C18H26N4O2S3.HI/c1-4-19-17(20-8-5-10-25-18-21-9-11-26-18)22-13-15-6-7-16(14(2)12-15)27(3,23)24;/h6-7,9,11-12H,4-5,8,10,13H2,1-3H3,(H2,19,20,22);1H. The first kappa shape index (κ1) is 25.2. The van der Waals surface area contributed by atoms with Gasteiger partial charge in [0.05, 0.1) is 11.4 Å². The monoisotopic (exact) mass is 554 g/mol. The predicted molar refractivity (Wildman–Crippen MR) is 130 cm³/mol. The van der Waals surface area contributed by atoms with Gasteiger partial charge in [-0.1, -0.05) is 23.9 Å². The van der Waals surface area contributed by atoms with E-state index in [-0.39, 0.29) is 24.0 Å². The highest BCUT2D eigenvalue weighted by Crippen LogP contribution is 2.20. The smallest absolute Gasteiger partial charge is 0.191 e. The first-order valence-corrected chi connectivity index (χ1v) is 12.5. The molecule has 0 spiro atoms. The molecule has 0 radical (unpaired) electrons. The Balaban J connectivity index is 0.00000392. The number of hydrogen-bond acceptors (Lipinski definition) is 6. The Kier molecular flexibility index (Phi) is 11.4. The number of hydrogen-bond donors (Lipinski definition) is 2. The summed E-state index contributed by atoms with van der Waals surface area (Å²) in [6.45, 7) is 5.95. The number of guanidine groups is 1. The minimum absolute atomic E-state index is 0. The van der Waals surface area contributed by atoms with Crippen LogP contribution in [-0.2, 0) is 16.4 Å². The van der Waals surface area contributed by atoms with E-state index in [2.05, 4.69) is 20.6 Å². The maximum Gasteiger partial charge on any atom is 0.191 e. The Morgan fingerprint density at radius 2 is 2.11 bits per heavy atom. The SMILES string of the molecule is CCNC(=NCc1ccc(S(C)(=O)=O)c(C)c1)NCCCSc1nccs1.I. The van der Waals surface area contributed by atoms with Crippen LogP contribution in [0.25, 0.3) is 0 Å². The van der Waals surface area contributed by atoms with Crippen LogP contribution in [0.2, 0.25) is 0 Å². The third-order valence-corrected chi connectivity index (χ3v) is 6.96. The molecule has 0 fully saturated rings. The Bertz CT molecular complexity index is 856. The van der Waals surface area contributed by atoms with E-state index in [9.17, 15) is 8.42 Å². The van der Waals surface area contributed by atoms with Crippen LogP contribution in [0, 0.1) is 6.92 Å². The van der Waals surface area contributed by atoms with Gasteiger partial charge in [-0.3, -0.25) is 0 Å². The van der Waals surface area contributed by atoms with Gasteiger partial charge in [-0.05, 0) is 37.5 Å². The van der Waals surface area contributed by atoms with Crippen LogP contribution in [-0.4, -0.2) is 44.5 Å². The second kappa shape index (κ2) is 12.7. The van der Waals surface area contributed by atoms with E-state index in [4.69, 9.17) is 0 Å². The topological polar surface area (TPSA) is 83.5 Å². The van der Waals surface area contributed by atoms with Crippen LogP contribution in [0.4, 0.5) is 0 Å². The molecule has 156 valence electrons. The molecule has 2 N–H and O–H groups in total. The lowest BCUT2D eigenvalue weighted by molar-refractivity contribution is 0.601. The predicted octanol–water partition coefficient (Wildman–Crippen LogP) is 3.71. The lowest BCUT2D eigenvalue weighted by Crippen LogP contribution is -2.37. The van der Waals surface area contributed by atoms with Crippen LogP contribution < -0.4 is 10.6 Å². The number of sulfone groups is 1. The number of aliphatic imine (C=N–C) groups is 1. The Morgan fingerprint density at radius 3 is 2.71 bits per heavy atom. The Morgan fingerprint density at radius 1 is 1.32 bits per heavy atom. The molecule has 1 heterocycles. The molecule has 2 aromatic rings. The maximum atomic E-state index is 11.7. The summed E-state index contributed by atoms with van der Waals surface area (Å²) >= 11 is 3.43. The van der Waals surface area contributed by atoms with Gasteiger partial charge in [0, 0.05) is 36.7 Å². The van der Waals surface area contributed by atoms with E-state index in [1.165, 1.54) is 6.26 Å². The molecule has 6 nitrogen and oxygen atoms in total. The fourth-order valence-corrected chi connectivity index (χ4v) is 5.06. The van der Waals surface area contributed by atoms with Gasteiger partial charge in [-0.25, -0.2) is 18.4 Å². The number of aromatic nitrogens is 1. The fourth-order valence-electron chi connectivity index (χ4n) is 2.46. The molecule has 0 bridgehead atoms. The Hall–Kier alpha value is -0.850.